The van der Waals surface area contributed by atoms with Gasteiger partial charge in [0.25, 0.3) is 0 Å². The smallest absolute Gasteiger partial charge is 0.347 e. The minimum absolute atomic E-state index is 0.268. The highest BCUT2D eigenvalue weighted by Crippen LogP contribution is 2.19. The number of carboxylic acids is 1. The number of rotatable bonds is 6. The number of ether oxygens (including phenoxy) is 1. The second kappa shape index (κ2) is 6.33. The molecule has 0 saturated heterocycles. The molecule has 5 heteroatoms. The first kappa shape index (κ1) is 13.5. The number of benzene rings is 1. The van der Waals surface area contributed by atoms with Crippen LogP contribution in [-0.4, -0.2) is 22.7 Å². The molecule has 0 spiro atoms. The fourth-order valence-corrected chi connectivity index (χ4v) is 2.45. The summed E-state index contributed by atoms with van der Waals surface area (Å²) in [5.74, 6) is -0.0407. The van der Waals surface area contributed by atoms with Gasteiger partial charge in [0.2, 0.25) is 0 Å². The molecule has 0 aliphatic rings. The van der Waals surface area contributed by atoms with Crippen LogP contribution in [0.15, 0.2) is 30.5 Å². The molecule has 0 bridgehead atoms. The Morgan fingerprint density at radius 2 is 2.21 bits per heavy atom. The molecule has 19 heavy (non-hydrogen) atoms. The van der Waals surface area contributed by atoms with Gasteiger partial charge in [0.1, 0.15) is 10.6 Å². The van der Waals surface area contributed by atoms with Crippen LogP contribution in [0.3, 0.4) is 0 Å². The minimum Gasteiger partial charge on any atom is -0.493 e. The summed E-state index contributed by atoms with van der Waals surface area (Å²) in [5, 5.41) is 9.59. The lowest BCUT2D eigenvalue weighted by molar-refractivity contribution is 0.0702. The van der Waals surface area contributed by atoms with E-state index in [2.05, 4.69) is 11.9 Å². The molecule has 0 radical (unpaired) electrons. The van der Waals surface area contributed by atoms with Crippen molar-refractivity contribution in [1.29, 1.82) is 0 Å². The summed E-state index contributed by atoms with van der Waals surface area (Å²) in [6.45, 7) is 2.59. The van der Waals surface area contributed by atoms with Crippen molar-refractivity contribution in [3.8, 4) is 5.75 Å². The van der Waals surface area contributed by atoms with Crippen LogP contribution in [0.25, 0.3) is 0 Å². The second-order valence-corrected chi connectivity index (χ2v) is 5.10. The molecular weight excluding hydrogens is 262 g/mol. The van der Waals surface area contributed by atoms with Crippen molar-refractivity contribution in [2.75, 3.05) is 6.61 Å². The third-order valence-electron chi connectivity index (χ3n) is 2.69. The molecule has 0 amide bonds. The molecule has 1 N–H and O–H groups in total. The van der Waals surface area contributed by atoms with E-state index in [0.717, 1.165) is 17.2 Å². The number of para-hydroxylation sites is 1. The fourth-order valence-electron chi connectivity index (χ4n) is 1.71. The molecule has 1 aromatic heterocycles. The van der Waals surface area contributed by atoms with Gasteiger partial charge in [0.05, 0.1) is 17.8 Å². The highest BCUT2D eigenvalue weighted by atomic mass is 32.1. The fraction of sp³-hybridized carbons (Fsp3) is 0.286. The van der Waals surface area contributed by atoms with E-state index in [4.69, 9.17) is 9.84 Å². The second-order valence-electron chi connectivity index (χ2n) is 3.98. The summed E-state index contributed by atoms with van der Waals surface area (Å²) in [6.07, 6.45) is 2.94. The lowest BCUT2D eigenvalue weighted by Gasteiger charge is -2.09. The topological polar surface area (TPSA) is 59.4 Å². The van der Waals surface area contributed by atoms with E-state index in [1.165, 1.54) is 23.1 Å². The number of carboxylic acid groups (broad SMARTS) is 1. The summed E-state index contributed by atoms with van der Waals surface area (Å²) in [7, 11) is 0. The van der Waals surface area contributed by atoms with Crippen LogP contribution in [0.4, 0.5) is 0 Å². The zero-order chi connectivity index (χ0) is 13.7. The summed E-state index contributed by atoms with van der Waals surface area (Å²) < 4.78 is 5.72. The number of nitrogens with zero attached hydrogens (tertiary/aromatic N) is 1. The van der Waals surface area contributed by atoms with Crippen LogP contribution >= 0.6 is 11.3 Å². The molecular formula is C14H15NO3S. The van der Waals surface area contributed by atoms with Crippen molar-refractivity contribution in [2.24, 2.45) is 0 Å². The van der Waals surface area contributed by atoms with Crippen molar-refractivity contribution in [3.05, 3.63) is 45.9 Å². The number of hydrogen-bond donors (Lipinski definition) is 1. The average Bonchev–Trinajstić information content (AvgIpc) is 2.88. The van der Waals surface area contributed by atoms with Gasteiger partial charge in [-0.3, -0.25) is 0 Å². The Morgan fingerprint density at radius 3 is 2.89 bits per heavy atom. The molecule has 100 valence electrons. The summed E-state index contributed by atoms with van der Waals surface area (Å²) >= 11 is 1.20. The van der Waals surface area contributed by atoms with Gasteiger partial charge in [-0.05, 0) is 18.1 Å². The monoisotopic (exact) mass is 277 g/mol. The molecule has 4 nitrogen and oxygen atoms in total. The molecule has 1 aromatic carbocycles. The summed E-state index contributed by atoms with van der Waals surface area (Å²) in [5.41, 5.74) is 1.17. The van der Waals surface area contributed by atoms with Gasteiger partial charge in [0, 0.05) is 6.42 Å². The third-order valence-corrected chi connectivity index (χ3v) is 3.74. The van der Waals surface area contributed by atoms with Crippen LogP contribution in [-0.2, 0) is 12.8 Å². The van der Waals surface area contributed by atoms with E-state index in [9.17, 15) is 4.79 Å². The number of carbonyl (C=O) groups is 1. The summed E-state index contributed by atoms with van der Waals surface area (Å²) in [4.78, 5) is 15.1. The van der Waals surface area contributed by atoms with E-state index in [1.54, 1.807) is 0 Å². The van der Waals surface area contributed by atoms with Gasteiger partial charge < -0.3 is 9.84 Å². The van der Waals surface area contributed by atoms with Gasteiger partial charge >= 0.3 is 5.97 Å². The SMILES string of the molecule is CCc1ccccc1OCCc1ncc(C(=O)O)s1. The largest absolute Gasteiger partial charge is 0.493 e. The Morgan fingerprint density at radius 1 is 1.42 bits per heavy atom. The molecule has 1 heterocycles. The predicted octanol–water partition coefficient (Wildman–Crippen LogP) is 3.03. The minimum atomic E-state index is -0.930. The molecule has 2 rings (SSSR count). The maximum absolute atomic E-state index is 10.7. The van der Waals surface area contributed by atoms with Crippen LogP contribution in [0.5, 0.6) is 5.75 Å². The first-order valence-electron chi connectivity index (χ1n) is 6.09. The Labute approximate surface area is 115 Å². The zero-order valence-corrected chi connectivity index (χ0v) is 11.4. The zero-order valence-electron chi connectivity index (χ0n) is 10.6. The van der Waals surface area contributed by atoms with Crippen molar-refractivity contribution in [2.45, 2.75) is 19.8 Å². The van der Waals surface area contributed by atoms with Crippen LogP contribution in [0, 0.1) is 0 Å². The molecule has 0 unspecified atom stereocenters. The van der Waals surface area contributed by atoms with Gasteiger partial charge in [-0.1, -0.05) is 25.1 Å². The maximum atomic E-state index is 10.7. The Kier molecular flexibility index (Phi) is 4.52. The predicted molar refractivity (Wildman–Crippen MR) is 74.1 cm³/mol. The average molecular weight is 277 g/mol. The van der Waals surface area contributed by atoms with Crippen molar-refractivity contribution in [3.63, 3.8) is 0 Å². The van der Waals surface area contributed by atoms with Crippen LogP contribution in [0.2, 0.25) is 0 Å². The number of hydrogen-bond acceptors (Lipinski definition) is 4. The van der Waals surface area contributed by atoms with E-state index in [1.807, 2.05) is 24.3 Å². The van der Waals surface area contributed by atoms with Crippen LogP contribution in [0.1, 0.15) is 27.2 Å². The highest BCUT2D eigenvalue weighted by Gasteiger charge is 2.08. The molecule has 2 aromatic rings. The van der Waals surface area contributed by atoms with E-state index in [-0.39, 0.29) is 4.88 Å². The quantitative estimate of drug-likeness (QED) is 0.881. The van der Waals surface area contributed by atoms with Gasteiger partial charge in [-0.2, -0.15) is 0 Å². The lowest BCUT2D eigenvalue weighted by atomic mass is 10.1. The normalized spacial score (nSPS) is 10.4. The Hall–Kier alpha value is -1.88. The number of aromatic nitrogens is 1. The number of aryl methyl sites for hydroxylation is 1. The standard InChI is InChI=1S/C14H15NO3S/c1-2-10-5-3-4-6-11(10)18-8-7-13-15-9-12(19-13)14(16)17/h3-6,9H,2,7-8H2,1H3,(H,16,17). The van der Waals surface area contributed by atoms with Crippen molar-refractivity contribution in [1.82, 2.24) is 4.98 Å². The first-order valence-corrected chi connectivity index (χ1v) is 6.91. The van der Waals surface area contributed by atoms with Gasteiger partial charge in [-0.15, -0.1) is 11.3 Å². The molecule has 0 aliphatic heterocycles. The highest BCUT2D eigenvalue weighted by molar-refractivity contribution is 7.13. The van der Waals surface area contributed by atoms with E-state index >= 15 is 0 Å². The lowest BCUT2D eigenvalue weighted by Crippen LogP contribution is -2.02. The Balaban J connectivity index is 1.90. The van der Waals surface area contributed by atoms with Crippen molar-refractivity contribution >= 4 is 17.3 Å². The van der Waals surface area contributed by atoms with E-state index in [0.29, 0.717) is 13.0 Å². The summed E-state index contributed by atoms with van der Waals surface area (Å²) in [6, 6.07) is 7.93. The maximum Gasteiger partial charge on any atom is 0.347 e. The molecule has 0 aliphatic carbocycles. The molecule has 0 fully saturated rings. The number of aromatic carboxylic acids is 1. The van der Waals surface area contributed by atoms with Crippen LogP contribution < -0.4 is 4.74 Å². The Bertz CT molecular complexity index is 565. The molecule has 0 saturated carbocycles. The van der Waals surface area contributed by atoms with Gasteiger partial charge in [0.15, 0.2) is 0 Å². The molecule has 0 atom stereocenters. The third kappa shape index (κ3) is 3.54. The van der Waals surface area contributed by atoms with E-state index < -0.39 is 5.97 Å². The van der Waals surface area contributed by atoms with Crippen molar-refractivity contribution < 1.29 is 14.6 Å². The number of thiazole rings is 1. The van der Waals surface area contributed by atoms with Gasteiger partial charge in [-0.25, -0.2) is 9.78 Å². The first-order chi connectivity index (χ1) is 9.20.